The molecule has 0 aliphatic rings. The highest BCUT2D eigenvalue weighted by Crippen LogP contribution is 2.34. The van der Waals surface area contributed by atoms with Crippen LogP contribution in [0.15, 0.2) is 94.4 Å². The molecule has 0 aliphatic heterocycles. The number of carbonyl (C=O) groups is 1. The van der Waals surface area contributed by atoms with Gasteiger partial charge in [0.05, 0.1) is 16.0 Å². The van der Waals surface area contributed by atoms with E-state index >= 15 is 0 Å². The van der Waals surface area contributed by atoms with Crippen molar-refractivity contribution in [3.05, 3.63) is 102 Å². The van der Waals surface area contributed by atoms with Crippen LogP contribution in [0.1, 0.15) is 17.0 Å². The molecular weight excluding hydrogens is 571 g/mol. The first-order chi connectivity index (χ1) is 20.0. The van der Waals surface area contributed by atoms with Gasteiger partial charge in [-0.15, -0.1) is 21.5 Å². The summed E-state index contributed by atoms with van der Waals surface area (Å²) in [4.78, 5) is 17.5. The van der Waals surface area contributed by atoms with Crippen molar-refractivity contribution in [2.75, 3.05) is 11.1 Å². The van der Waals surface area contributed by atoms with Crippen LogP contribution < -0.4 is 10.1 Å². The van der Waals surface area contributed by atoms with Crippen LogP contribution >= 0.6 is 34.9 Å². The molecule has 0 fully saturated rings. The summed E-state index contributed by atoms with van der Waals surface area (Å²) in [7, 11) is 1.88. The molecule has 0 aliphatic carbocycles. The summed E-state index contributed by atoms with van der Waals surface area (Å²) in [6.45, 7) is 2.31. The molecule has 0 radical (unpaired) electrons. The van der Waals surface area contributed by atoms with Crippen LogP contribution in [0.4, 0.5) is 5.69 Å². The molecule has 0 saturated heterocycles. The Bertz CT molecular complexity index is 1840. The number of hydrogen-bond donors (Lipinski definition) is 1. The van der Waals surface area contributed by atoms with Gasteiger partial charge < -0.3 is 14.6 Å². The number of benzene rings is 4. The molecule has 41 heavy (non-hydrogen) atoms. The summed E-state index contributed by atoms with van der Waals surface area (Å²) in [6.07, 6.45) is 0. The third kappa shape index (κ3) is 6.40. The van der Waals surface area contributed by atoms with E-state index in [1.165, 1.54) is 28.1 Å². The van der Waals surface area contributed by atoms with Crippen molar-refractivity contribution in [2.45, 2.75) is 28.8 Å². The van der Waals surface area contributed by atoms with Gasteiger partial charge in [0.1, 0.15) is 12.4 Å². The van der Waals surface area contributed by atoms with Gasteiger partial charge >= 0.3 is 0 Å². The number of thioether (sulfide) groups is 2. The third-order valence-corrected chi connectivity index (χ3v) is 9.82. The van der Waals surface area contributed by atoms with E-state index in [0.717, 1.165) is 37.3 Å². The first kappa shape index (κ1) is 27.3. The Balaban J connectivity index is 1.04. The fourth-order valence-electron chi connectivity index (χ4n) is 4.39. The van der Waals surface area contributed by atoms with E-state index in [2.05, 4.69) is 58.0 Å². The number of rotatable bonds is 10. The predicted molar refractivity (Wildman–Crippen MR) is 169 cm³/mol. The highest BCUT2D eigenvalue weighted by molar-refractivity contribution is 8.00. The number of hydrogen-bond acceptors (Lipinski definition) is 8. The number of para-hydroxylation sites is 1. The number of amides is 1. The Morgan fingerprint density at radius 2 is 1.80 bits per heavy atom. The lowest BCUT2D eigenvalue weighted by Gasteiger charge is -2.08. The van der Waals surface area contributed by atoms with Gasteiger partial charge in [-0.25, -0.2) is 4.98 Å². The standard InChI is InChI=1S/C31H27N5O2S3/c1-20-8-3-6-13-26(20)38-17-28-34-35-30(36(28)2)39-19-29(37)32-23-14-15-25-27(16-23)41-31(33-25)40-18-22-11-7-10-21-9-4-5-12-24(21)22/h3-16H,17-19H2,1-2H3,(H,32,37). The van der Waals surface area contributed by atoms with Crippen molar-refractivity contribution in [3.8, 4) is 5.75 Å². The molecule has 0 atom stereocenters. The summed E-state index contributed by atoms with van der Waals surface area (Å²) >= 11 is 4.72. The second-order valence-electron chi connectivity index (χ2n) is 9.44. The molecule has 206 valence electrons. The van der Waals surface area contributed by atoms with Gasteiger partial charge in [-0.2, -0.15) is 0 Å². The molecule has 6 aromatic rings. The Kier molecular flexibility index (Phi) is 8.22. The normalized spacial score (nSPS) is 11.3. The molecule has 7 nitrogen and oxygen atoms in total. The minimum Gasteiger partial charge on any atom is -0.485 e. The molecule has 0 bridgehead atoms. The molecular formula is C31H27N5O2S3. The van der Waals surface area contributed by atoms with Crippen LogP contribution in [0.3, 0.4) is 0 Å². The van der Waals surface area contributed by atoms with E-state index < -0.39 is 0 Å². The van der Waals surface area contributed by atoms with Gasteiger partial charge in [-0.1, -0.05) is 84.2 Å². The summed E-state index contributed by atoms with van der Waals surface area (Å²) in [5, 5.41) is 14.7. The summed E-state index contributed by atoms with van der Waals surface area (Å²) in [5.41, 5.74) is 4.05. The molecule has 0 spiro atoms. The number of thiazole rings is 1. The molecule has 2 aromatic heterocycles. The number of aromatic nitrogens is 4. The highest BCUT2D eigenvalue weighted by Gasteiger charge is 2.14. The predicted octanol–water partition coefficient (Wildman–Crippen LogP) is 7.49. The van der Waals surface area contributed by atoms with E-state index in [1.54, 1.807) is 23.1 Å². The molecule has 4 aromatic carbocycles. The molecule has 0 unspecified atom stereocenters. The monoisotopic (exact) mass is 597 g/mol. The zero-order valence-corrected chi connectivity index (χ0v) is 25.0. The lowest BCUT2D eigenvalue weighted by atomic mass is 10.1. The van der Waals surface area contributed by atoms with Crippen molar-refractivity contribution >= 4 is 67.4 Å². The van der Waals surface area contributed by atoms with E-state index in [4.69, 9.17) is 9.72 Å². The van der Waals surface area contributed by atoms with Gasteiger partial charge in [-0.05, 0) is 53.1 Å². The maximum atomic E-state index is 12.7. The molecule has 6 rings (SSSR count). The lowest BCUT2D eigenvalue weighted by Crippen LogP contribution is -2.14. The average Bonchev–Trinajstić information content (AvgIpc) is 3.56. The third-order valence-electron chi connectivity index (χ3n) is 6.59. The number of anilines is 1. The van der Waals surface area contributed by atoms with E-state index in [-0.39, 0.29) is 11.7 Å². The summed E-state index contributed by atoms with van der Waals surface area (Å²) < 4.78 is 9.81. The van der Waals surface area contributed by atoms with Crippen LogP contribution in [0.5, 0.6) is 5.75 Å². The number of carbonyl (C=O) groups excluding carboxylic acids is 1. The second kappa shape index (κ2) is 12.3. The SMILES string of the molecule is Cc1ccccc1OCc1nnc(SCC(=O)Nc2ccc3nc(SCc4cccc5ccccc45)sc3c2)n1C. The maximum absolute atomic E-state index is 12.7. The van der Waals surface area contributed by atoms with Crippen LogP contribution in [0.25, 0.3) is 21.0 Å². The first-order valence-electron chi connectivity index (χ1n) is 13.0. The van der Waals surface area contributed by atoms with Crippen LogP contribution in [0, 0.1) is 6.92 Å². The number of nitrogens with one attached hydrogen (secondary N) is 1. The van der Waals surface area contributed by atoms with Crippen LogP contribution in [0.2, 0.25) is 0 Å². The zero-order valence-electron chi connectivity index (χ0n) is 22.5. The fraction of sp³-hybridized carbons (Fsp3) is 0.161. The van der Waals surface area contributed by atoms with Crippen LogP contribution in [-0.2, 0) is 24.2 Å². The minimum absolute atomic E-state index is 0.106. The van der Waals surface area contributed by atoms with Gasteiger partial charge in [0.2, 0.25) is 5.91 Å². The van der Waals surface area contributed by atoms with Crippen molar-refractivity contribution in [3.63, 3.8) is 0 Å². The maximum Gasteiger partial charge on any atom is 0.234 e. The zero-order chi connectivity index (χ0) is 28.2. The summed E-state index contributed by atoms with van der Waals surface area (Å²) in [5.74, 6) is 2.48. The highest BCUT2D eigenvalue weighted by atomic mass is 32.2. The number of nitrogens with zero attached hydrogens (tertiary/aromatic N) is 4. The van der Waals surface area contributed by atoms with Crippen molar-refractivity contribution in [2.24, 2.45) is 7.05 Å². The second-order valence-corrected chi connectivity index (χ2v) is 12.6. The number of ether oxygens (including phenoxy) is 1. The van der Waals surface area contributed by atoms with Gasteiger partial charge in [0.25, 0.3) is 0 Å². The van der Waals surface area contributed by atoms with Crippen molar-refractivity contribution < 1.29 is 9.53 Å². The van der Waals surface area contributed by atoms with E-state index in [1.807, 2.05) is 61.0 Å². The molecule has 10 heteroatoms. The van der Waals surface area contributed by atoms with Gasteiger partial charge in [0, 0.05) is 18.5 Å². The van der Waals surface area contributed by atoms with Crippen molar-refractivity contribution in [1.82, 2.24) is 19.7 Å². The van der Waals surface area contributed by atoms with Gasteiger partial charge in [0.15, 0.2) is 15.3 Å². The fourth-order valence-corrected chi connectivity index (χ4v) is 7.23. The quantitative estimate of drug-likeness (QED) is 0.164. The summed E-state index contributed by atoms with van der Waals surface area (Å²) in [6, 6.07) is 28.6. The lowest BCUT2D eigenvalue weighted by molar-refractivity contribution is -0.113. The Morgan fingerprint density at radius 3 is 2.71 bits per heavy atom. The molecule has 0 saturated carbocycles. The molecule has 1 N–H and O–H groups in total. The Labute approximate surface area is 250 Å². The first-order valence-corrected chi connectivity index (χ1v) is 15.8. The average molecular weight is 598 g/mol. The van der Waals surface area contributed by atoms with E-state index in [0.29, 0.717) is 17.6 Å². The van der Waals surface area contributed by atoms with E-state index in [9.17, 15) is 4.79 Å². The smallest absolute Gasteiger partial charge is 0.234 e. The topological polar surface area (TPSA) is 81.9 Å². The number of fused-ring (bicyclic) bond motifs is 2. The van der Waals surface area contributed by atoms with Crippen LogP contribution in [-0.4, -0.2) is 31.4 Å². The molecule has 1 amide bonds. The Morgan fingerprint density at radius 1 is 0.976 bits per heavy atom. The molecule has 2 heterocycles. The van der Waals surface area contributed by atoms with Gasteiger partial charge in [-0.3, -0.25) is 4.79 Å². The Hall–Kier alpha value is -3.86. The minimum atomic E-state index is -0.106. The van der Waals surface area contributed by atoms with Crippen molar-refractivity contribution in [1.29, 1.82) is 0 Å². The largest absolute Gasteiger partial charge is 0.485 e. The number of aryl methyl sites for hydroxylation is 1.